The van der Waals surface area contributed by atoms with Gasteiger partial charge in [-0.25, -0.2) is 4.79 Å². The van der Waals surface area contributed by atoms with Gasteiger partial charge in [0.25, 0.3) is 0 Å². The van der Waals surface area contributed by atoms with Crippen molar-refractivity contribution in [3.63, 3.8) is 0 Å². The largest absolute Gasteiger partial charge is 0.444 e. The van der Waals surface area contributed by atoms with Crippen LogP contribution in [0.2, 0.25) is 0 Å². The summed E-state index contributed by atoms with van der Waals surface area (Å²) < 4.78 is 5.48. The van der Waals surface area contributed by atoms with Crippen molar-refractivity contribution in [2.75, 3.05) is 13.1 Å². The normalized spacial score (nSPS) is 22.2. The van der Waals surface area contributed by atoms with Crippen LogP contribution in [0.1, 0.15) is 47.5 Å². The number of nitriles is 2. The molecule has 0 bridgehead atoms. The number of piperidine rings is 1. The molecule has 0 aromatic heterocycles. The number of dihydropyridines is 1. The topological polar surface area (TPSA) is 89.2 Å². The molecular formula is C19H26N4O2. The van der Waals surface area contributed by atoms with Crippen molar-refractivity contribution in [2.24, 2.45) is 11.8 Å². The van der Waals surface area contributed by atoms with Gasteiger partial charge < -0.3 is 15.0 Å². The van der Waals surface area contributed by atoms with Gasteiger partial charge in [-0.3, -0.25) is 0 Å². The number of rotatable bonds is 1. The van der Waals surface area contributed by atoms with Crippen molar-refractivity contribution < 1.29 is 9.53 Å². The van der Waals surface area contributed by atoms with Crippen LogP contribution in [0.5, 0.6) is 0 Å². The van der Waals surface area contributed by atoms with Gasteiger partial charge in [-0.15, -0.1) is 0 Å². The van der Waals surface area contributed by atoms with Crippen molar-refractivity contribution in [2.45, 2.75) is 53.1 Å². The molecule has 0 spiro atoms. The van der Waals surface area contributed by atoms with E-state index in [0.29, 0.717) is 24.2 Å². The fourth-order valence-electron chi connectivity index (χ4n) is 3.58. The maximum absolute atomic E-state index is 12.4. The van der Waals surface area contributed by atoms with Crippen LogP contribution in [0.3, 0.4) is 0 Å². The van der Waals surface area contributed by atoms with E-state index < -0.39 is 5.60 Å². The Bertz CT molecular complexity index is 664. The van der Waals surface area contributed by atoms with Crippen LogP contribution in [0.4, 0.5) is 4.79 Å². The number of likely N-dealkylation sites (tertiary alicyclic amines) is 1. The summed E-state index contributed by atoms with van der Waals surface area (Å²) in [4.78, 5) is 14.1. The Hall–Kier alpha value is -2.47. The van der Waals surface area contributed by atoms with E-state index in [1.54, 1.807) is 4.90 Å². The van der Waals surface area contributed by atoms with Crippen LogP contribution in [0.25, 0.3) is 0 Å². The molecular weight excluding hydrogens is 316 g/mol. The van der Waals surface area contributed by atoms with Crippen molar-refractivity contribution >= 4 is 6.09 Å². The van der Waals surface area contributed by atoms with Crippen LogP contribution in [0, 0.1) is 34.5 Å². The molecule has 25 heavy (non-hydrogen) atoms. The fourth-order valence-corrected chi connectivity index (χ4v) is 3.58. The number of carbonyl (C=O) groups is 1. The third-order valence-corrected chi connectivity index (χ3v) is 4.63. The molecule has 0 saturated carbocycles. The lowest BCUT2D eigenvalue weighted by Crippen LogP contribution is -2.45. The standard InChI is InChI=1S/C19H26N4O2/c1-12-15(9-20)17(16(10-21)13(2)22-12)14-7-6-8-23(11-14)18(24)25-19(3,4)5/h14,17,22H,6-8,11H2,1-5H3. The molecule has 2 aliphatic heterocycles. The predicted molar refractivity (Wildman–Crippen MR) is 93.8 cm³/mol. The van der Waals surface area contributed by atoms with E-state index in [0.717, 1.165) is 24.2 Å². The number of hydrogen-bond acceptors (Lipinski definition) is 5. The molecule has 0 aromatic rings. The van der Waals surface area contributed by atoms with E-state index in [2.05, 4.69) is 17.5 Å². The van der Waals surface area contributed by atoms with E-state index >= 15 is 0 Å². The number of nitrogens with one attached hydrogen (secondary N) is 1. The molecule has 0 radical (unpaired) electrons. The summed E-state index contributed by atoms with van der Waals surface area (Å²) in [5, 5.41) is 22.3. The van der Waals surface area contributed by atoms with E-state index in [1.807, 2.05) is 34.6 Å². The monoisotopic (exact) mass is 342 g/mol. The van der Waals surface area contributed by atoms with Crippen molar-refractivity contribution in [3.05, 3.63) is 22.5 Å². The van der Waals surface area contributed by atoms with E-state index in [-0.39, 0.29) is 17.9 Å². The molecule has 134 valence electrons. The number of carbonyl (C=O) groups excluding carboxylic acids is 1. The molecule has 1 fully saturated rings. The maximum Gasteiger partial charge on any atom is 0.410 e. The second-order valence-corrected chi connectivity index (χ2v) is 7.73. The lowest BCUT2D eigenvalue weighted by molar-refractivity contribution is 0.0149. The van der Waals surface area contributed by atoms with Crippen molar-refractivity contribution in [1.29, 1.82) is 10.5 Å². The van der Waals surface area contributed by atoms with E-state index in [4.69, 9.17) is 4.74 Å². The second-order valence-electron chi connectivity index (χ2n) is 7.73. The van der Waals surface area contributed by atoms with E-state index in [9.17, 15) is 15.3 Å². The minimum atomic E-state index is -0.540. The highest BCUT2D eigenvalue weighted by Crippen LogP contribution is 2.38. The lowest BCUT2D eigenvalue weighted by atomic mass is 9.74. The fraction of sp³-hybridized carbons (Fsp3) is 0.632. The van der Waals surface area contributed by atoms with Crippen LogP contribution < -0.4 is 5.32 Å². The van der Waals surface area contributed by atoms with Crippen LogP contribution in [0.15, 0.2) is 22.5 Å². The Kier molecular flexibility index (Phi) is 5.42. The maximum atomic E-state index is 12.4. The Morgan fingerprint density at radius 3 is 2.24 bits per heavy atom. The van der Waals surface area contributed by atoms with Gasteiger partial charge in [0.05, 0.1) is 23.3 Å². The minimum Gasteiger partial charge on any atom is -0.444 e. The first-order valence-corrected chi connectivity index (χ1v) is 8.64. The SMILES string of the molecule is CC1=C(C#N)C(C2CCCN(C(=O)OC(C)(C)C)C2)C(C#N)=C(C)N1. The third kappa shape index (κ3) is 4.14. The smallest absolute Gasteiger partial charge is 0.410 e. The summed E-state index contributed by atoms with van der Waals surface area (Å²) in [5.41, 5.74) is 2.23. The van der Waals surface area contributed by atoms with Gasteiger partial charge in [0.2, 0.25) is 0 Å². The highest BCUT2D eigenvalue weighted by molar-refractivity contribution is 5.68. The molecule has 2 aliphatic rings. The van der Waals surface area contributed by atoms with Crippen LogP contribution in [-0.4, -0.2) is 29.7 Å². The minimum absolute atomic E-state index is 0.0394. The van der Waals surface area contributed by atoms with Crippen molar-refractivity contribution in [3.8, 4) is 12.1 Å². The van der Waals surface area contributed by atoms with Gasteiger partial charge in [-0.05, 0) is 53.4 Å². The number of hydrogen-bond donors (Lipinski definition) is 1. The first-order valence-electron chi connectivity index (χ1n) is 8.64. The Labute approximate surface area is 149 Å². The van der Waals surface area contributed by atoms with Gasteiger partial charge in [0, 0.05) is 30.4 Å². The molecule has 6 heteroatoms. The molecule has 1 atom stereocenters. The molecule has 1 amide bonds. The van der Waals surface area contributed by atoms with Gasteiger partial charge in [0.15, 0.2) is 0 Å². The first-order chi connectivity index (χ1) is 11.7. The number of allylic oxidation sites excluding steroid dienone is 4. The van der Waals surface area contributed by atoms with Gasteiger partial charge in [-0.1, -0.05) is 0 Å². The molecule has 2 heterocycles. The molecule has 0 aromatic carbocycles. The molecule has 2 rings (SSSR count). The summed E-state index contributed by atoms with van der Waals surface area (Å²) in [5.74, 6) is -0.223. The lowest BCUT2D eigenvalue weighted by Gasteiger charge is -2.39. The van der Waals surface area contributed by atoms with Crippen LogP contribution >= 0.6 is 0 Å². The average molecular weight is 342 g/mol. The quantitative estimate of drug-likeness (QED) is 0.788. The zero-order valence-corrected chi connectivity index (χ0v) is 15.6. The Morgan fingerprint density at radius 2 is 1.76 bits per heavy atom. The average Bonchev–Trinajstić information content (AvgIpc) is 2.52. The van der Waals surface area contributed by atoms with Crippen LogP contribution in [-0.2, 0) is 4.74 Å². The summed E-state index contributed by atoms with van der Waals surface area (Å²) in [7, 11) is 0. The first kappa shape index (κ1) is 18.9. The number of ether oxygens (including phenoxy) is 1. The number of amides is 1. The second kappa shape index (κ2) is 7.19. The van der Waals surface area contributed by atoms with Gasteiger partial charge >= 0.3 is 6.09 Å². The summed E-state index contributed by atoms with van der Waals surface area (Å²) in [6.07, 6.45) is 1.38. The van der Waals surface area contributed by atoms with Gasteiger partial charge in [0.1, 0.15) is 5.60 Å². The summed E-state index contributed by atoms with van der Waals surface area (Å²) in [6.45, 7) is 10.4. The summed E-state index contributed by atoms with van der Waals surface area (Å²) in [6, 6.07) is 4.53. The molecule has 1 saturated heterocycles. The molecule has 0 aliphatic carbocycles. The third-order valence-electron chi connectivity index (χ3n) is 4.63. The highest BCUT2D eigenvalue weighted by Gasteiger charge is 2.38. The van der Waals surface area contributed by atoms with Crippen molar-refractivity contribution in [1.82, 2.24) is 10.2 Å². The Morgan fingerprint density at radius 1 is 1.20 bits per heavy atom. The Balaban J connectivity index is 2.27. The van der Waals surface area contributed by atoms with E-state index in [1.165, 1.54) is 0 Å². The molecule has 6 nitrogen and oxygen atoms in total. The summed E-state index contributed by atoms with van der Waals surface area (Å²) >= 11 is 0. The molecule has 1 N–H and O–H groups in total. The highest BCUT2D eigenvalue weighted by atomic mass is 16.6. The zero-order valence-electron chi connectivity index (χ0n) is 15.6. The molecule has 1 unspecified atom stereocenters. The number of nitrogens with zero attached hydrogens (tertiary/aromatic N) is 3. The zero-order chi connectivity index (χ0) is 18.8. The van der Waals surface area contributed by atoms with Gasteiger partial charge in [-0.2, -0.15) is 10.5 Å². The predicted octanol–water partition coefficient (Wildman–Crippen LogP) is 3.45.